The van der Waals surface area contributed by atoms with Gasteiger partial charge in [0.25, 0.3) is 5.91 Å². The first-order valence-electron chi connectivity index (χ1n) is 9.12. The van der Waals surface area contributed by atoms with Crippen molar-refractivity contribution in [2.24, 2.45) is 0 Å². The first-order chi connectivity index (χ1) is 14.5. The zero-order valence-electron chi connectivity index (χ0n) is 15.9. The maximum absolute atomic E-state index is 12.7. The van der Waals surface area contributed by atoms with Crippen LogP contribution in [0.5, 0.6) is 11.5 Å². The second-order valence-corrected chi connectivity index (χ2v) is 7.67. The van der Waals surface area contributed by atoms with Crippen LogP contribution in [-0.2, 0) is 0 Å². The van der Waals surface area contributed by atoms with Gasteiger partial charge < -0.3 is 14.8 Å². The number of aryl methyl sites for hydroxylation is 1. The average molecular weight is 439 g/mol. The highest BCUT2D eigenvalue weighted by Crippen LogP contribution is 2.35. The fourth-order valence-electron chi connectivity index (χ4n) is 3.27. The first-order valence-corrected chi connectivity index (χ1v) is 9.88. The van der Waals surface area contributed by atoms with Gasteiger partial charge in [-0.25, -0.2) is 0 Å². The van der Waals surface area contributed by atoms with E-state index >= 15 is 0 Å². The normalized spacial score (nSPS) is 12.9. The molecule has 0 aliphatic carbocycles. The van der Waals surface area contributed by atoms with Crippen molar-refractivity contribution in [2.75, 3.05) is 12.1 Å². The quantitative estimate of drug-likeness (QED) is 0.546. The number of halogens is 2. The molecule has 30 heavy (non-hydrogen) atoms. The topological polar surface area (TPSA) is 71.4 Å². The number of carbonyl (C=O) groups excluding carboxylic acids is 1. The van der Waals surface area contributed by atoms with E-state index in [-0.39, 0.29) is 12.7 Å². The molecule has 3 aromatic carbocycles. The molecule has 0 unspecified atom stereocenters. The second kappa shape index (κ2) is 8.27. The smallest absolute Gasteiger partial charge is 0.255 e. The van der Waals surface area contributed by atoms with E-state index in [1.807, 2.05) is 13.0 Å². The molecule has 5 nitrogen and oxygen atoms in total. The number of hydrogen-bond acceptors (Lipinski definition) is 4. The highest BCUT2D eigenvalue weighted by Gasteiger charge is 2.20. The third-order valence-corrected chi connectivity index (χ3v) is 5.45. The van der Waals surface area contributed by atoms with Crippen LogP contribution in [0.25, 0.3) is 0 Å². The maximum Gasteiger partial charge on any atom is 0.255 e. The van der Waals surface area contributed by atoms with E-state index in [4.69, 9.17) is 32.7 Å². The van der Waals surface area contributed by atoms with Crippen LogP contribution in [0, 0.1) is 18.3 Å². The van der Waals surface area contributed by atoms with Gasteiger partial charge in [-0.2, -0.15) is 5.26 Å². The number of rotatable bonds is 4. The molecule has 1 heterocycles. The molecule has 4 rings (SSSR count). The summed E-state index contributed by atoms with van der Waals surface area (Å²) in [5.74, 6) is 0.300. The molecular formula is C23H16Cl2N2O3. The summed E-state index contributed by atoms with van der Waals surface area (Å²) in [7, 11) is 0. The number of fused-ring (bicyclic) bond motifs is 1. The minimum atomic E-state index is -0.549. The van der Waals surface area contributed by atoms with Crippen LogP contribution in [0.3, 0.4) is 0 Å². The summed E-state index contributed by atoms with van der Waals surface area (Å²) in [6.45, 7) is 2.00. The Kier molecular flexibility index (Phi) is 5.54. The highest BCUT2D eigenvalue weighted by molar-refractivity contribution is 6.32. The van der Waals surface area contributed by atoms with Crippen molar-refractivity contribution in [3.05, 3.63) is 86.9 Å². The van der Waals surface area contributed by atoms with Gasteiger partial charge in [0.1, 0.15) is 0 Å². The predicted molar refractivity (Wildman–Crippen MR) is 116 cm³/mol. The van der Waals surface area contributed by atoms with Crippen molar-refractivity contribution >= 4 is 34.8 Å². The van der Waals surface area contributed by atoms with E-state index in [0.717, 1.165) is 11.1 Å². The largest absolute Gasteiger partial charge is 0.454 e. The predicted octanol–water partition coefficient (Wildman–Crippen LogP) is 5.94. The van der Waals surface area contributed by atoms with Gasteiger partial charge in [-0.1, -0.05) is 41.4 Å². The number of nitrogens with zero attached hydrogens (tertiary/aromatic N) is 1. The molecule has 0 aromatic heterocycles. The summed E-state index contributed by atoms with van der Waals surface area (Å²) < 4.78 is 10.6. The third kappa shape index (κ3) is 3.93. The van der Waals surface area contributed by atoms with Crippen molar-refractivity contribution in [3.8, 4) is 17.6 Å². The standard InChI is InChI=1S/C23H16Cl2N2O3/c1-13-8-17(18(11-26)14-2-5-16(24)6-3-14)19(25)10-20(13)27-23(28)15-4-7-21-22(9-15)30-12-29-21/h2-10,18H,12H2,1H3,(H,27,28)/t18-/m1/s1. The van der Waals surface area contributed by atoms with Crippen molar-refractivity contribution in [1.29, 1.82) is 5.26 Å². The van der Waals surface area contributed by atoms with Crippen molar-refractivity contribution in [1.82, 2.24) is 0 Å². The molecule has 0 saturated heterocycles. The van der Waals surface area contributed by atoms with Crippen LogP contribution in [-0.4, -0.2) is 12.7 Å². The third-order valence-electron chi connectivity index (χ3n) is 4.87. The Labute approximate surface area is 183 Å². The van der Waals surface area contributed by atoms with Gasteiger partial charge in [-0.15, -0.1) is 0 Å². The van der Waals surface area contributed by atoms with Crippen molar-refractivity contribution < 1.29 is 14.3 Å². The summed E-state index contributed by atoms with van der Waals surface area (Å²) in [5, 5.41) is 13.6. The molecule has 1 amide bonds. The number of amides is 1. The molecular weight excluding hydrogens is 423 g/mol. The molecule has 1 aliphatic rings. The van der Waals surface area contributed by atoms with E-state index in [1.54, 1.807) is 48.5 Å². The minimum absolute atomic E-state index is 0.143. The summed E-state index contributed by atoms with van der Waals surface area (Å²) in [6.07, 6.45) is 0. The van der Waals surface area contributed by atoms with Gasteiger partial charge in [0, 0.05) is 21.3 Å². The molecule has 1 aliphatic heterocycles. The fraction of sp³-hybridized carbons (Fsp3) is 0.130. The molecule has 0 spiro atoms. The van der Waals surface area contributed by atoms with Crippen LogP contribution in [0.1, 0.15) is 33.0 Å². The summed E-state index contributed by atoms with van der Waals surface area (Å²) in [4.78, 5) is 12.7. The Bertz CT molecular complexity index is 1170. The van der Waals surface area contributed by atoms with E-state index in [0.29, 0.717) is 38.4 Å². The van der Waals surface area contributed by atoms with E-state index in [9.17, 15) is 10.1 Å². The van der Waals surface area contributed by atoms with E-state index in [2.05, 4.69) is 11.4 Å². The van der Waals surface area contributed by atoms with Crippen LogP contribution >= 0.6 is 23.2 Å². The molecule has 3 aromatic rings. The SMILES string of the molecule is Cc1cc([C@H](C#N)c2ccc(Cl)cc2)c(Cl)cc1NC(=O)c1ccc2c(c1)OCO2. The lowest BCUT2D eigenvalue weighted by molar-refractivity contribution is 0.102. The Morgan fingerprint density at radius 2 is 1.80 bits per heavy atom. The molecule has 1 atom stereocenters. The minimum Gasteiger partial charge on any atom is -0.454 e. The number of hydrogen-bond donors (Lipinski definition) is 1. The van der Waals surface area contributed by atoms with Crippen molar-refractivity contribution in [2.45, 2.75) is 12.8 Å². The lowest BCUT2D eigenvalue weighted by atomic mass is 9.91. The molecule has 0 saturated carbocycles. The lowest BCUT2D eigenvalue weighted by Gasteiger charge is -2.16. The summed E-state index contributed by atoms with van der Waals surface area (Å²) in [5.41, 5.74) is 3.26. The molecule has 7 heteroatoms. The monoisotopic (exact) mass is 438 g/mol. The molecule has 0 fully saturated rings. The van der Waals surface area contributed by atoms with Crippen LogP contribution < -0.4 is 14.8 Å². The Balaban J connectivity index is 1.60. The van der Waals surface area contributed by atoms with Gasteiger partial charge >= 0.3 is 0 Å². The number of anilines is 1. The fourth-order valence-corrected chi connectivity index (χ4v) is 3.67. The van der Waals surface area contributed by atoms with E-state index < -0.39 is 5.92 Å². The Morgan fingerprint density at radius 3 is 2.53 bits per heavy atom. The molecule has 0 bridgehead atoms. The van der Waals surface area contributed by atoms with Gasteiger partial charge in [0.05, 0.1) is 12.0 Å². The van der Waals surface area contributed by atoms with Gasteiger partial charge in [0.2, 0.25) is 6.79 Å². The molecule has 0 radical (unpaired) electrons. The van der Waals surface area contributed by atoms with Gasteiger partial charge in [-0.3, -0.25) is 4.79 Å². The zero-order valence-corrected chi connectivity index (χ0v) is 17.4. The van der Waals surface area contributed by atoms with Gasteiger partial charge in [-0.05, 0) is 60.0 Å². The van der Waals surface area contributed by atoms with Crippen LogP contribution in [0.2, 0.25) is 10.0 Å². The van der Waals surface area contributed by atoms with Gasteiger partial charge in [0.15, 0.2) is 11.5 Å². The molecule has 1 N–H and O–H groups in total. The Morgan fingerprint density at radius 1 is 1.07 bits per heavy atom. The van der Waals surface area contributed by atoms with Crippen LogP contribution in [0.15, 0.2) is 54.6 Å². The number of nitriles is 1. The number of nitrogens with one attached hydrogen (secondary N) is 1. The average Bonchev–Trinajstić information content (AvgIpc) is 3.21. The second-order valence-electron chi connectivity index (χ2n) is 6.82. The maximum atomic E-state index is 12.7. The Hall–Kier alpha value is -3.20. The summed E-state index contributed by atoms with van der Waals surface area (Å²) in [6, 6.07) is 17.9. The first kappa shape index (κ1) is 20.1. The molecule has 150 valence electrons. The highest BCUT2D eigenvalue weighted by atomic mass is 35.5. The van der Waals surface area contributed by atoms with E-state index in [1.165, 1.54) is 0 Å². The number of ether oxygens (including phenoxy) is 2. The van der Waals surface area contributed by atoms with Crippen LogP contribution in [0.4, 0.5) is 5.69 Å². The van der Waals surface area contributed by atoms with Crippen molar-refractivity contribution in [3.63, 3.8) is 0 Å². The number of carbonyl (C=O) groups is 1. The lowest BCUT2D eigenvalue weighted by Crippen LogP contribution is -2.13. The number of benzene rings is 3. The summed E-state index contributed by atoms with van der Waals surface area (Å²) >= 11 is 12.4. The zero-order chi connectivity index (χ0) is 21.3.